The van der Waals surface area contributed by atoms with Crippen molar-refractivity contribution in [3.05, 3.63) is 52.5 Å². The minimum absolute atomic E-state index is 0.0165. The molecular weight excluding hydrogens is 749 g/mol. The largest absolute Gasteiger partial charge is 0.465 e. The Balaban J connectivity index is 1.80. The first-order valence-electron chi connectivity index (χ1n) is 20.1. The second kappa shape index (κ2) is 22.2. The van der Waals surface area contributed by atoms with E-state index in [-0.39, 0.29) is 54.0 Å². The van der Waals surface area contributed by atoms with E-state index < -0.39 is 48.3 Å². The van der Waals surface area contributed by atoms with Crippen LogP contribution < -0.4 is 10.6 Å². The molecule has 9 atom stereocenters. The summed E-state index contributed by atoms with van der Waals surface area (Å²) in [4.78, 5) is 76.6. The summed E-state index contributed by atoms with van der Waals surface area (Å²) in [5.74, 6) is -2.61. The van der Waals surface area contributed by atoms with Crippen LogP contribution in [0.15, 0.2) is 41.9 Å². The molecule has 0 aliphatic carbocycles. The van der Waals surface area contributed by atoms with Gasteiger partial charge in [-0.1, -0.05) is 85.2 Å². The lowest BCUT2D eigenvalue weighted by Crippen LogP contribution is -2.60. The molecule has 57 heavy (non-hydrogen) atoms. The molecule has 2 heterocycles. The highest BCUT2D eigenvalue weighted by atomic mass is 32.1. The molecule has 0 radical (unpaired) electrons. The molecule has 0 spiro atoms. The monoisotopic (exact) mass is 814 g/mol. The molecule has 3 N–H and O–H groups in total. The van der Waals surface area contributed by atoms with Crippen LogP contribution in [0.5, 0.6) is 0 Å². The van der Waals surface area contributed by atoms with E-state index in [2.05, 4.69) is 15.6 Å². The zero-order chi connectivity index (χ0) is 42.6. The summed E-state index contributed by atoms with van der Waals surface area (Å²) < 4.78 is 12.0. The van der Waals surface area contributed by atoms with E-state index in [9.17, 15) is 29.1 Å². The molecule has 1 saturated heterocycles. The molecule has 1 aliphatic heterocycles. The van der Waals surface area contributed by atoms with Crippen molar-refractivity contribution in [2.75, 3.05) is 34.9 Å². The van der Waals surface area contributed by atoms with E-state index in [1.165, 1.54) is 25.5 Å². The van der Waals surface area contributed by atoms with E-state index in [1.807, 2.05) is 70.3 Å². The van der Waals surface area contributed by atoms with E-state index in [0.29, 0.717) is 25.8 Å². The number of rotatable bonds is 21. The van der Waals surface area contributed by atoms with Gasteiger partial charge in [-0.25, -0.2) is 9.78 Å². The van der Waals surface area contributed by atoms with Gasteiger partial charge in [-0.2, -0.15) is 0 Å². The van der Waals surface area contributed by atoms with Crippen molar-refractivity contribution in [3.63, 3.8) is 0 Å². The Hall–Kier alpha value is -4.08. The topological polar surface area (TPSA) is 171 Å². The predicted molar refractivity (Wildman–Crippen MR) is 220 cm³/mol. The number of carbonyl (C=O) groups excluding carboxylic acids is 4. The number of likely N-dealkylation sites (tertiary alicyclic amines) is 1. The van der Waals surface area contributed by atoms with Gasteiger partial charge >= 0.3 is 6.09 Å². The zero-order valence-corrected chi connectivity index (χ0v) is 36.5. The smallest absolute Gasteiger partial charge is 0.407 e. The number of nitrogens with one attached hydrogen (secondary N) is 2. The van der Waals surface area contributed by atoms with Crippen LogP contribution in [0.3, 0.4) is 0 Å². The molecular formula is C42H66N6O8S. The molecule has 5 amide bonds. The number of thiazole rings is 1. The van der Waals surface area contributed by atoms with Gasteiger partial charge in [0, 0.05) is 46.4 Å². The minimum Gasteiger partial charge on any atom is -0.465 e. The Morgan fingerprint density at radius 2 is 1.61 bits per heavy atom. The van der Waals surface area contributed by atoms with Crippen LogP contribution in [0.25, 0.3) is 0 Å². The summed E-state index contributed by atoms with van der Waals surface area (Å²) in [5.41, 5.74) is 1.07. The number of aromatic nitrogens is 1. The fourth-order valence-corrected chi connectivity index (χ4v) is 8.77. The highest BCUT2D eigenvalue weighted by Gasteiger charge is 2.43. The fourth-order valence-electron chi connectivity index (χ4n) is 8.08. The number of benzene rings is 1. The van der Waals surface area contributed by atoms with Gasteiger partial charge in [-0.3, -0.25) is 24.1 Å². The van der Waals surface area contributed by atoms with Gasteiger partial charge in [0.2, 0.25) is 23.6 Å². The zero-order valence-electron chi connectivity index (χ0n) is 35.6. The Morgan fingerprint density at radius 3 is 2.14 bits per heavy atom. The minimum atomic E-state index is -1.24. The third-order valence-corrected chi connectivity index (χ3v) is 12.3. The van der Waals surface area contributed by atoms with Gasteiger partial charge in [0.25, 0.3) is 0 Å². The second-order valence-electron chi connectivity index (χ2n) is 16.0. The van der Waals surface area contributed by atoms with E-state index in [1.54, 1.807) is 44.0 Å². The molecule has 318 valence electrons. The molecule has 14 nitrogen and oxygen atoms in total. The molecule has 15 heteroatoms. The van der Waals surface area contributed by atoms with Crippen molar-refractivity contribution in [2.24, 2.45) is 23.7 Å². The molecule has 1 aromatic heterocycles. The maximum Gasteiger partial charge on any atom is 0.407 e. The summed E-state index contributed by atoms with van der Waals surface area (Å²) in [6.45, 7) is 13.5. The number of carbonyl (C=O) groups is 5. The number of carboxylic acid groups (broad SMARTS) is 1. The van der Waals surface area contributed by atoms with Crippen molar-refractivity contribution < 1.29 is 38.6 Å². The van der Waals surface area contributed by atoms with E-state index >= 15 is 0 Å². The first kappa shape index (κ1) is 47.3. The summed E-state index contributed by atoms with van der Waals surface area (Å²) >= 11 is 1.49. The Labute approximate surface area is 343 Å². The third-order valence-electron chi connectivity index (χ3n) is 11.5. The third kappa shape index (κ3) is 12.2. The van der Waals surface area contributed by atoms with Crippen LogP contribution in [-0.2, 0) is 35.1 Å². The number of methoxy groups -OCH3 is 2. The molecule has 3 rings (SSSR count). The van der Waals surface area contributed by atoms with Gasteiger partial charge in [0.15, 0.2) is 0 Å². The van der Waals surface area contributed by atoms with Crippen LogP contribution in [-0.4, -0.2) is 126 Å². The van der Waals surface area contributed by atoms with Crippen LogP contribution in [0, 0.1) is 23.7 Å². The molecule has 1 aliphatic rings. The van der Waals surface area contributed by atoms with Gasteiger partial charge in [-0.05, 0) is 42.6 Å². The Kier molecular flexibility index (Phi) is 18.4. The standard InChI is InChI=1S/C42H66N6O8S/c1-12-27(6)36(46(8)41(52)34(25(2)3)45-39(51)35(26(4)5)47(9)42(53)54)32(55-10)24-33(49)48-21-16-19-31(48)37(56-11)28(7)38(50)44-30(40-43-20-22-57-40)23-29-17-14-13-15-18-29/h13-15,17-18,20,22,25-28,30-32,34-37H,12,16,19,21,23-24H2,1-11H3,(H,44,50)(H,45,51)(H,53,54)/t27-,28+,30-,31-,32+,34-,35-,36-,37+/m0/s1. The quantitative estimate of drug-likeness (QED) is 0.153. The van der Waals surface area contributed by atoms with Crippen molar-refractivity contribution in [1.29, 1.82) is 0 Å². The second-order valence-corrected chi connectivity index (χ2v) is 16.9. The summed E-state index contributed by atoms with van der Waals surface area (Å²) in [5, 5.41) is 18.4. The maximum atomic E-state index is 14.3. The van der Waals surface area contributed by atoms with Crippen molar-refractivity contribution in [3.8, 4) is 0 Å². The van der Waals surface area contributed by atoms with Gasteiger partial charge in [-0.15, -0.1) is 11.3 Å². The molecule has 0 saturated carbocycles. The summed E-state index contributed by atoms with van der Waals surface area (Å²) in [6, 6.07) is 6.78. The van der Waals surface area contributed by atoms with Crippen LogP contribution in [0.1, 0.15) is 90.8 Å². The van der Waals surface area contributed by atoms with Crippen LogP contribution >= 0.6 is 11.3 Å². The van der Waals surface area contributed by atoms with Gasteiger partial charge in [0.1, 0.15) is 17.1 Å². The average molecular weight is 815 g/mol. The lowest BCUT2D eigenvalue weighted by atomic mass is 9.89. The number of likely N-dealkylation sites (N-methyl/N-ethyl adjacent to an activating group) is 2. The summed E-state index contributed by atoms with van der Waals surface area (Å²) in [7, 11) is 6.10. The lowest BCUT2D eigenvalue weighted by molar-refractivity contribution is -0.148. The Bertz CT molecular complexity index is 1590. The van der Waals surface area contributed by atoms with E-state index in [0.717, 1.165) is 21.9 Å². The normalized spacial score (nSPS) is 18.5. The van der Waals surface area contributed by atoms with Crippen molar-refractivity contribution in [1.82, 2.24) is 30.3 Å². The van der Waals surface area contributed by atoms with E-state index in [4.69, 9.17) is 9.47 Å². The predicted octanol–water partition coefficient (Wildman–Crippen LogP) is 5.24. The highest BCUT2D eigenvalue weighted by molar-refractivity contribution is 7.09. The number of amides is 5. The molecule has 1 aromatic carbocycles. The maximum absolute atomic E-state index is 14.3. The molecule has 2 aromatic rings. The van der Waals surface area contributed by atoms with Crippen LogP contribution in [0.4, 0.5) is 4.79 Å². The van der Waals surface area contributed by atoms with Gasteiger partial charge in [0.05, 0.1) is 42.7 Å². The van der Waals surface area contributed by atoms with Crippen LogP contribution in [0.2, 0.25) is 0 Å². The highest BCUT2D eigenvalue weighted by Crippen LogP contribution is 2.30. The first-order chi connectivity index (χ1) is 27.0. The molecule has 0 bridgehead atoms. The summed E-state index contributed by atoms with van der Waals surface area (Å²) in [6.07, 6.45) is 1.88. The number of nitrogens with zero attached hydrogens (tertiary/aromatic N) is 4. The number of hydrogen-bond acceptors (Lipinski definition) is 9. The fraction of sp³-hybridized carbons (Fsp3) is 0.667. The van der Waals surface area contributed by atoms with Gasteiger partial charge < -0.3 is 35.0 Å². The number of hydrogen-bond donors (Lipinski definition) is 3. The SMILES string of the molecule is CC[C@H](C)[C@@H]([C@@H](CC(=O)N1CCC[C@H]1[C@H](OC)[C@@H](C)C(=O)N[C@@H](Cc1ccccc1)c1nccs1)OC)N(C)C(=O)[C@@H](NC(=O)[C@H](C(C)C)N(C)C(=O)O)C(C)C. The Morgan fingerprint density at radius 1 is 0.947 bits per heavy atom. The molecule has 0 unspecified atom stereocenters. The first-order valence-corrected chi connectivity index (χ1v) is 21.0. The molecule has 1 fully saturated rings. The average Bonchev–Trinajstić information content (AvgIpc) is 3.90. The van der Waals surface area contributed by atoms with Crippen molar-refractivity contribution >= 4 is 41.1 Å². The lowest BCUT2D eigenvalue weighted by Gasteiger charge is -2.41. The van der Waals surface area contributed by atoms with Crippen molar-refractivity contribution in [2.45, 2.75) is 123 Å². The number of ether oxygens (including phenoxy) is 2.